The standard InChI is InChI=1S/C28H32FNO2/c1-4-12-28(32)13-11-23-21-8-5-17-14-19(31)7-9-20(17)26(21)22(16-27(23,28)2)18-6-10-25(30-3)24(29)15-18/h6,10,14-15,21-23,30,32H,5,7-9,11,13,16H2,1-3H3/t21-,22?,23-,27-,28?/m0/s1. The van der Waals surface area contributed by atoms with Crippen molar-refractivity contribution in [3.63, 3.8) is 0 Å². The second kappa shape index (κ2) is 7.59. The Bertz CT molecular complexity index is 1110. The molecule has 1 aromatic carbocycles. The van der Waals surface area contributed by atoms with Gasteiger partial charge < -0.3 is 10.4 Å². The normalized spacial score (nSPS) is 35.8. The van der Waals surface area contributed by atoms with Gasteiger partial charge in [-0.3, -0.25) is 4.79 Å². The first-order chi connectivity index (χ1) is 15.3. The molecule has 4 aliphatic carbocycles. The fourth-order valence-corrected chi connectivity index (χ4v) is 7.33. The third-order valence-corrected chi connectivity index (χ3v) is 8.88. The lowest BCUT2D eigenvalue weighted by Gasteiger charge is -2.53. The molecule has 2 saturated carbocycles. The average Bonchev–Trinajstić information content (AvgIpc) is 3.03. The monoisotopic (exact) mass is 433 g/mol. The van der Waals surface area contributed by atoms with E-state index in [9.17, 15) is 14.3 Å². The van der Waals surface area contributed by atoms with Crippen LogP contribution in [0.3, 0.4) is 0 Å². The van der Waals surface area contributed by atoms with E-state index in [-0.39, 0.29) is 22.9 Å². The summed E-state index contributed by atoms with van der Waals surface area (Å²) in [7, 11) is 1.73. The van der Waals surface area contributed by atoms with Crippen molar-refractivity contribution < 1.29 is 14.3 Å². The highest BCUT2D eigenvalue weighted by molar-refractivity contribution is 5.93. The molecular weight excluding hydrogens is 401 g/mol. The van der Waals surface area contributed by atoms with Crippen molar-refractivity contribution in [3.05, 3.63) is 52.4 Å². The van der Waals surface area contributed by atoms with E-state index >= 15 is 0 Å². The van der Waals surface area contributed by atoms with Gasteiger partial charge in [-0.05, 0) is 92.2 Å². The highest BCUT2D eigenvalue weighted by Gasteiger charge is 2.62. The number of anilines is 1. The maximum atomic E-state index is 14.8. The van der Waals surface area contributed by atoms with Gasteiger partial charge in [0.25, 0.3) is 0 Å². The van der Waals surface area contributed by atoms with Gasteiger partial charge in [0.2, 0.25) is 0 Å². The molecule has 0 saturated heterocycles. The number of hydrogen-bond acceptors (Lipinski definition) is 3. The Morgan fingerprint density at radius 1 is 1.22 bits per heavy atom. The number of ketones is 1. The van der Waals surface area contributed by atoms with Crippen LogP contribution in [0, 0.1) is 34.9 Å². The number of rotatable bonds is 2. The largest absolute Gasteiger partial charge is 0.386 e. The van der Waals surface area contributed by atoms with Crippen LogP contribution in [-0.4, -0.2) is 23.5 Å². The zero-order chi connectivity index (χ0) is 22.7. The van der Waals surface area contributed by atoms with Crippen molar-refractivity contribution in [2.45, 2.75) is 70.3 Å². The summed E-state index contributed by atoms with van der Waals surface area (Å²) in [5.41, 5.74) is 4.03. The first kappa shape index (κ1) is 21.5. The second-order valence-electron chi connectivity index (χ2n) is 10.3. The molecule has 4 heteroatoms. The maximum Gasteiger partial charge on any atom is 0.156 e. The third kappa shape index (κ3) is 3.01. The van der Waals surface area contributed by atoms with E-state index in [1.807, 2.05) is 18.2 Å². The molecule has 2 fully saturated rings. The second-order valence-corrected chi connectivity index (χ2v) is 10.3. The Morgan fingerprint density at radius 2 is 2.03 bits per heavy atom. The number of hydrogen-bond donors (Lipinski definition) is 2. The fourth-order valence-electron chi connectivity index (χ4n) is 7.33. The molecule has 2 N–H and O–H groups in total. The first-order valence-electron chi connectivity index (χ1n) is 11.9. The van der Waals surface area contributed by atoms with Gasteiger partial charge in [0.05, 0.1) is 5.69 Å². The predicted molar refractivity (Wildman–Crippen MR) is 125 cm³/mol. The minimum Gasteiger partial charge on any atom is -0.386 e. The quantitative estimate of drug-likeness (QED) is 0.604. The van der Waals surface area contributed by atoms with E-state index in [4.69, 9.17) is 0 Å². The molecule has 0 radical (unpaired) electrons. The molecule has 2 unspecified atom stereocenters. The predicted octanol–water partition coefficient (Wildman–Crippen LogP) is 5.52. The van der Waals surface area contributed by atoms with Gasteiger partial charge in [-0.25, -0.2) is 4.39 Å². The Kier molecular flexibility index (Phi) is 5.09. The molecule has 0 heterocycles. The summed E-state index contributed by atoms with van der Waals surface area (Å²) < 4.78 is 14.8. The van der Waals surface area contributed by atoms with Gasteiger partial charge in [-0.15, -0.1) is 5.92 Å². The van der Waals surface area contributed by atoms with Crippen LogP contribution in [-0.2, 0) is 4.79 Å². The molecule has 5 atom stereocenters. The summed E-state index contributed by atoms with van der Waals surface area (Å²) >= 11 is 0. The summed E-state index contributed by atoms with van der Waals surface area (Å²) in [6.45, 7) is 4.00. The maximum absolute atomic E-state index is 14.8. The number of allylic oxidation sites excluding steroid dienone is 4. The number of halogens is 1. The van der Waals surface area contributed by atoms with E-state index < -0.39 is 5.60 Å². The number of carbonyl (C=O) groups is 1. The number of aliphatic hydroxyl groups is 1. The van der Waals surface area contributed by atoms with Gasteiger partial charge in [0.15, 0.2) is 5.78 Å². The molecular formula is C28H32FNO2. The molecule has 32 heavy (non-hydrogen) atoms. The minimum absolute atomic E-state index is 0.0249. The Hall–Kier alpha value is -2.38. The molecule has 168 valence electrons. The van der Waals surface area contributed by atoms with Crippen molar-refractivity contribution >= 4 is 11.5 Å². The van der Waals surface area contributed by atoms with E-state index in [1.165, 1.54) is 16.7 Å². The lowest BCUT2D eigenvalue weighted by molar-refractivity contribution is -0.114. The van der Waals surface area contributed by atoms with Gasteiger partial charge in [0, 0.05) is 24.8 Å². The number of fused-ring (bicyclic) bond motifs is 4. The van der Waals surface area contributed by atoms with E-state index in [1.54, 1.807) is 20.0 Å². The van der Waals surface area contributed by atoms with Crippen LogP contribution in [0.15, 0.2) is 41.0 Å². The van der Waals surface area contributed by atoms with E-state index in [2.05, 4.69) is 24.1 Å². The van der Waals surface area contributed by atoms with Gasteiger partial charge in [-0.2, -0.15) is 0 Å². The number of benzene rings is 1. The molecule has 1 aromatic rings. The highest BCUT2D eigenvalue weighted by atomic mass is 19.1. The van der Waals surface area contributed by atoms with E-state index in [0.717, 1.165) is 37.7 Å². The number of nitrogens with one attached hydrogen (secondary N) is 1. The molecule has 0 aliphatic heterocycles. The molecule has 0 aromatic heterocycles. The van der Waals surface area contributed by atoms with Gasteiger partial charge >= 0.3 is 0 Å². The van der Waals surface area contributed by atoms with Crippen LogP contribution in [0.2, 0.25) is 0 Å². The van der Waals surface area contributed by atoms with Crippen molar-refractivity contribution in [1.29, 1.82) is 0 Å². The Morgan fingerprint density at radius 3 is 2.75 bits per heavy atom. The summed E-state index contributed by atoms with van der Waals surface area (Å²) in [5, 5.41) is 14.6. The van der Waals surface area contributed by atoms with Gasteiger partial charge in [-0.1, -0.05) is 24.5 Å². The summed E-state index contributed by atoms with van der Waals surface area (Å²) in [6, 6.07) is 5.51. The summed E-state index contributed by atoms with van der Waals surface area (Å²) in [6.07, 6.45) is 7.49. The topological polar surface area (TPSA) is 49.3 Å². The van der Waals surface area contributed by atoms with Gasteiger partial charge in [0.1, 0.15) is 11.4 Å². The molecule has 0 bridgehead atoms. The average molecular weight is 434 g/mol. The summed E-state index contributed by atoms with van der Waals surface area (Å²) in [5.74, 6) is 6.85. The molecule has 0 spiro atoms. The van der Waals surface area contributed by atoms with E-state index in [0.29, 0.717) is 30.4 Å². The van der Waals surface area contributed by atoms with Crippen LogP contribution in [0.4, 0.5) is 10.1 Å². The zero-order valence-electron chi connectivity index (χ0n) is 19.2. The molecule has 0 amide bonds. The Balaban J connectivity index is 1.70. The van der Waals surface area contributed by atoms with Crippen LogP contribution >= 0.6 is 0 Å². The van der Waals surface area contributed by atoms with Crippen molar-refractivity contribution in [1.82, 2.24) is 0 Å². The van der Waals surface area contributed by atoms with Crippen molar-refractivity contribution in [2.75, 3.05) is 12.4 Å². The van der Waals surface area contributed by atoms with Crippen molar-refractivity contribution in [2.24, 2.45) is 17.3 Å². The highest BCUT2D eigenvalue weighted by Crippen LogP contribution is 2.66. The SMILES string of the molecule is CC#CC1(O)CC[C@H]2[C@@H]3CCC4=CC(=O)CCC4=C3C(c3ccc(NC)c(F)c3)C[C@@]21C. The molecule has 4 aliphatic rings. The lowest BCUT2D eigenvalue weighted by atomic mass is 9.51. The Labute approximate surface area is 190 Å². The van der Waals surface area contributed by atoms with Crippen molar-refractivity contribution in [3.8, 4) is 11.8 Å². The summed E-state index contributed by atoms with van der Waals surface area (Å²) in [4.78, 5) is 12.1. The van der Waals surface area contributed by atoms with Crippen LogP contribution in [0.25, 0.3) is 0 Å². The third-order valence-electron chi connectivity index (χ3n) is 8.88. The van der Waals surface area contributed by atoms with Crippen LogP contribution in [0.1, 0.15) is 70.3 Å². The smallest absolute Gasteiger partial charge is 0.156 e. The fraction of sp³-hybridized carbons (Fsp3) is 0.536. The minimum atomic E-state index is -1.01. The molecule has 3 nitrogen and oxygen atoms in total. The lowest BCUT2D eigenvalue weighted by Crippen LogP contribution is -2.51. The first-order valence-corrected chi connectivity index (χ1v) is 11.9. The number of carbonyl (C=O) groups excluding carboxylic acids is 1. The van der Waals surface area contributed by atoms with Crippen LogP contribution < -0.4 is 5.32 Å². The van der Waals surface area contributed by atoms with Crippen LogP contribution in [0.5, 0.6) is 0 Å². The molecule has 5 rings (SSSR count). The zero-order valence-corrected chi connectivity index (χ0v) is 19.2.